The van der Waals surface area contributed by atoms with Crippen LogP contribution in [0.2, 0.25) is 0 Å². The molecular weight excluding hydrogens is 390 g/mol. The van der Waals surface area contributed by atoms with Crippen LogP contribution in [0.3, 0.4) is 0 Å². The van der Waals surface area contributed by atoms with Gasteiger partial charge < -0.3 is 14.6 Å². The first kappa shape index (κ1) is 17.3. The fraction of sp³-hybridized carbons (Fsp3) is 0.222. The Morgan fingerprint density at radius 1 is 1.24 bits per heavy atom. The van der Waals surface area contributed by atoms with E-state index < -0.39 is 18.1 Å². The highest BCUT2D eigenvalue weighted by atomic mass is 79.9. The van der Waals surface area contributed by atoms with Gasteiger partial charge in [-0.25, -0.2) is 9.59 Å². The second-order valence-electron chi connectivity index (χ2n) is 5.55. The molecule has 0 bridgehead atoms. The normalized spacial score (nSPS) is 15.6. The zero-order valence-electron chi connectivity index (χ0n) is 13.4. The summed E-state index contributed by atoms with van der Waals surface area (Å²) in [5.74, 6) is -0.666. The molecule has 0 aliphatic carbocycles. The van der Waals surface area contributed by atoms with Crippen molar-refractivity contribution in [2.45, 2.75) is 19.1 Å². The molecule has 0 spiro atoms. The van der Waals surface area contributed by atoms with Gasteiger partial charge in [0.2, 0.25) is 0 Å². The summed E-state index contributed by atoms with van der Waals surface area (Å²) in [6.45, 7) is 0.0637. The summed E-state index contributed by atoms with van der Waals surface area (Å²) in [5, 5.41) is 9.54. The third kappa shape index (κ3) is 3.32. The molecule has 0 aromatic heterocycles. The smallest absolute Gasteiger partial charge is 0.415 e. The van der Waals surface area contributed by atoms with Crippen molar-refractivity contribution in [3.63, 3.8) is 0 Å². The number of amides is 1. The standard InChI is InChI=1S/C18H16BrNO5/c1-24-15-8-7-13(19)12-9-14(17(21)22)20(16(12)15)18(23)25-10-11-5-3-2-4-6-11/h2-8,14H,9-10H2,1H3,(H,21,22)/t14-/m1/s1. The largest absolute Gasteiger partial charge is 0.495 e. The highest BCUT2D eigenvalue weighted by molar-refractivity contribution is 9.10. The first-order valence-corrected chi connectivity index (χ1v) is 8.40. The molecule has 6 nitrogen and oxygen atoms in total. The zero-order chi connectivity index (χ0) is 18.0. The third-order valence-corrected chi connectivity index (χ3v) is 4.79. The molecule has 2 aromatic carbocycles. The number of fused-ring (bicyclic) bond motifs is 1. The molecule has 0 fully saturated rings. The number of hydrogen-bond acceptors (Lipinski definition) is 4. The molecule has 7 heteroatoms. The SMILES string of the molecule is COc1ccc(Br)c2c1N(C(=O)OCc1ccccc1)[C@@H](C(=O)O)C2. The van der Waals surface area contributed by atoms with Gasteiger partial charge in [0.05, 0.1) is 12.8 Å². The molecule has 1 N–H and O–H groups in total. The van der Waals surface area contributed by atoms with Crippen molar-refractivity contribution >= 4 is 33.7 Å². The van der Waals surface area contributed by atoms with Crippen molar-refractivity contribution in [2.24, 2.45) is 0 Å². The van der Waals surface area contributed by atoms with Gasteiger partial charge in [-0.15, -0.1) is 0 Å². The van der Waals surface area contributed by atoms with E-state index >= 15 is 0 Å². The summed E-state index contributed by atoms with van der Waals surface area (Å²) < 4.78 is 11.4. The van der Waals surface area contributed by atoms with Crippen molar-refractivity contribution in [1.82, 2.24) is 0 Å². The van der Waals surface area contributed by atoms with E-state index in [-0.39, 0.29) is 13.0 Å². The van der Waals surface area contributed by atoms with Crippen molar-refractivity contribution in [2.75, 3.05) is 12.0 Å². The van der Waals surface area contributed by atoms with Gasteiger partial charge in [0.1, 0.15) is 18.4 Å². The molecule has 0 unspecified atom stereocenters. The number of carbonyl (C=O) groups is 2. The average molecular weight is 406 g/mol. The fourth-order valence-corrected chi connectivity index (χ4v) is 3.34. The highest BCUT2D eigenvalue weighted by Crippen LogP contribution is 2.44. The first-order chi connectivity index (χ1) is 12.0. The van der Waals surface area contributed by atoms with Crippen molar-refractivity contribution in [1.29, 1.82) is 0 Å². The quantitative estimate of drug-likeness (QED) is 0.840. The monoisotopic (exact) mass is 405 g/mol. The van der Waals surface area contributed by atoms with Gasteiger partial charge in [-0.2, -0.15) is 0 Å². The van der Waals surface area contributed by atoms with E-state index in [0.717, 1.165) is 14.9 Å². The average Bonchev–Trinajstić information content (AvgIpc) is 3.03. The first-order valence-electron chi connectivity index (χ1n) is 7.61. The second kappa shape index (κ2) is 7.14. The van der Waals surface area contributed by atoms with Crippen LogP contribution < -0.4 is 9.64 Å². The molecule has 1 aliphatic rings. The maximum absolute atomic E-state index is 12.6. The van der Waals surface area contributed by atoms with Gasteiger partial charge >= 0.3 is 12.1 Å². The molecule has 1 heterocycles. The number of methoxy groups -OCH3 is 1. The van der Waals surface area contributed by atoms with Crippen LogP contribution in [0.25, 0.3) is 0 Å². The van der Waals surface area contributed by atoms with E-state index in [2.05, 4.69) is 15.9 Å². The van der Waals surface area contributed by atoms with E-state index in [1.165, 1.54) is 7.11 Å². The van der Waals surface area contributed by atoms with Crippen LogP contribution in [-0.2, 0) is 22.6 Å². The number of halogens is 1. The summed E-state index contributed by atoms with van der Waals surface area (Å²) in [4.78, 5) is 25.5. The maximum atomic E-state index is 12.6. The lowest BCUT2D eigenvalue weighted by Crippen LogP contribution is -2.43. The summed E-state index contributed by atoms with van der Waals surface area (Å²) >= 11 is 3.41. The molecule has 3 rings (SSSR count). The molecule has 0 saturated heterocycles. The molecule has 0 radical (unpaired) electrons. The Morgan fingerprint density at radius 3 is 2.60 bits per heavy atom. The van der Waals surface area contributed by atoms with E-state index in [0.29, 0.717) is 17.0 Å². The zero-order valence-corrected chi connectivity index (χ0v) is 15.0. The van der Waals surface area contributed by atoms with Crippen LogP contribution >= 0.6 is 15.9 Å². The number of carbonyl (C=O) groups excluding carboxylic acids is 1. The number of carboxylic acid groups (broad SMARTS) is 1. The van der Waals surface area contributed by atoms with E-state index in [1.54, 1.807) is 12.1 Å². The number of benzene rings is 2. The van der Waals surface area contributed by atoms with Crippen molar-refractivity contribution in [3.8, 4) is 5.75 Å². The Morgan fingerprint density at radius 2 is 1.96 bits per heavy atom. The van der Waals surface area contributed by atoms with Gasteiger partial charge in [-0.05, 0) is 23.3 Å². The number of carboxylic acids is 1. The molecule has 130 valence electrons. The number of aliphatic carboxylic acids is 1. The van der Waals surface area contributed by atoms with Crippen LogP contribution in [0.4, 0.5) is 10.5 Å². The Hall–Kier alpha value is -2.54. The Labute approximate surface area is 153 Å². The second-order valence-corrected chi connectivity index (χ2v) is 6.40. The number of anilines is 1. The molecule has 1 atom stereocenters. The van der Waals surface area contributed by atoms with Gasteiger partial charge in [0.15, 0.2) is 0 Å². The van der Waals surface area contributed by atoms with Crippen LogP contribution in [0, 0.1) is 0 Å². The summed E-state index contributed by atoms with van der Waals surface area (Å²) in [5.41, 5.74) is 1.97. The van der Waals surface area contributed by atoms with Crippen LogP contribution in [0.5, 0.6) is 5.75 Å². The lowest BCUT2D eigenvalue weighted by Gasteiger charge is -2.23. The maximum Gasteiger partial charge on any atom is 0.415 e. The minimum Gasteiger partial charge on any atom is -0.495 e. The lowest BCUT2D eigenvalue weighted by molar-refractivity contribution is -0.138. The Kier molecular flexibility index (Phi) is 4.94. The molecule has 25 heavy (non-hydrogen) atoms. The molecule has 0 saturated carbocycles. The summed E-state index contributed by atoms with van der Waals surface area (Å²) in [7, 11) is 1.48. The van der Waals surface area contributed by atoms with Gasteiger partial charge in [0, 0.05) is 10.9 Å². The van der Waals surface area contributed by atoms with Crippen LogP contribution in [-0.4, -0.2) is 30.3 Å². The lowest BCUT2D eigenvalue weighted by atomic mass is 10.1. The van der Waals surface area contributed by atoms with E-state index in [1.807, 2.05) is 30.3 Å². The summed E-state index contributed by atoms with van der Waals surface area (Å²) in [6.07, 6.45) is -0.533. The van der Waals surface area contributed by atoms with Crippen molar-refractivity contribution < 1.29 is 24.2 Å². The Bertz CT molecular complexity index is 809. The van der Waals surface area contributed by atoms with Gasteiger partial charge in [-0.3, -0.25) is 4.90 Å². The van der Waals surface area contributed by atoms with E-state index in [9.17, 15) is 14.7 Å². The van der Waals surface area contributed by atoms with Crippen LogP contribution in [0.1, 0.15) is 11.1 Å². The minimum absolute atomic E-state index is 0.0637. The fourth-order valence-electron chi connectivity index (χ4n) is 2.86. The third-order valence-electron chi connectivity index (χ3n) is 4.05. The Balaban J connectivity index is 1.91. The number of ether oxygens (including phenoxy) is 2. The van der Waals surface area contributed by atoms with E-state index in [4.69, 9.17) is 9.47 Å². The molecule has 1 amide bonds. The van der Waals surface area contributed by atoms with Crippen LogP contribution in [0.15, 0.2) is 46.9 Å². The van der Waals surface area contributed by atoms with Gasteiger partial charge in [0.25, 0.3) is 0 Å². The topological polar surface area (TPSA) is 76.1 Å². The van der Waals surface area contributed by atoms with Gasteiger partial charge in [-0.1, -0.05) is 46.3 Å². The predicted molar refractivity (Wildman–Crippen MR) is 94.9 cm³/mol. The number of rotatable bonds is 4. The molecule has 1 aliphatic heterocycles. The minimum atomic E-state index is -1.10. The predicted octanol–water partition coefficient (Wildman–Crippen LogP) is 3.61. The highest BCUT2D eigenvalue weighted by Gasteiger charge is 2.42. The van der Waals surface area contributed by atoms with Crippen molar-refractivity contribution in [3.05, 3.63) is 58.1 Å². The number of hydrogen-bond donors (Lipinski definition) is 1. The number of nitrogens with zero attached hydrogens (tertiary/aromatic N) is 1. The molecular formula is C18H16BrNO5. The molecule has 2 aromatic rings. The summed E-state index contributed by atoms with van der Waals surface area (Å²) in [6, 6.07) is 11.6.